The molecule has 2 aromatic rings. The molecule has 0 aliphatic carbocycles. The first-order chi connectivity index (χ1) is 7.81. The fourth-order valence-electron chi connectivity index (χ4n) is 2.43. The Morgan fingerprint density at radius 2 is 2.06 bits per heavy atom. The van der Waals surface area contributed by atoms with Crippen molar-refractivity contribution in [2.24, 2.45) is 0 Å². The summed E-state index contributed by atoms with van der Waals surface area (Å²) < 4.78 is 1.10. The fourth-order valence-corrected chi connectivity index (χ4v) is 3.18. The maximum Gasteiger partial charge on any atom is 0.125 e. The lowest BCUT2D eigenvalue weighted by molar-refractivity contribution is 0.482. The third-order valence-electron chi connectivity index (χ3n) is 3.20. The van der Waals surface area contributed by atoms with Gasteiger partial charge in [-0.1, -0.05) is 46.9 Å². The van der Waals surface area contributed by atoms with Gasteiger partial charge in [0.15, 0.2) is 0 Å². The number of anilines is 1. The Morgan fingerprint density at radius 3 is 2.81 bits per heavy atom. The van der Waals surface area contributed by atoms with E-state index in [0.717, 1.165) is 22.0 Å². The third-order valence-corrected chi connectivity index (χ3v) is 4.26. The molecule has 0 unspecified atom stereocenters. The van der Waals surface area contributed by atoms with Crippen molar-refractivity contribution in [2.45, 2.75) is 5.92 Å². The van der Waals surface area contributed by atoms with E-state index in [2.05, 4.69) is 34.0 Å². The Balaban J connectivity index is 2.37. The lowest BCUT2D eigenvalue weighted by atomic mass is 9.95. The number of aromatic hydroxyl groups is 1. The number of rotatable bonds is 1. The first kappa shape index (κ1) is 10.2. The normalized spacial score (nSPS) is 18.4. The van der Waals surface area contributed by atoms with E-state index in [-0.39, 0.29) is 0 Å². The smallest absolute Gasteiger partial charge is 0.125 e. The second-order valence-electron chi connectivity index (χ2n) is 4.13. The van der Waals surface area contributed by atoms with Gasteiger partial charge in [0.25, 0.3) is 0 Å². The Hall–Kier alpha value is -0.970. The zero-order chi connectivity index (χ0) is 11.1. The molecule has 0 aromatic heterocycles. The van der Waals surface area contributed by atoms with Crippen LogP contribution in [-0.2, 0) is 0 Å². The van der Waals surface area contributed by atoms with E-state index >= 15 is 0 Å². The van der Waals surface area contributed by atoms with E-state index in [9.17, 15) is 5.11 Å². The van der Waals surface area contributed by atoms with Crippen molar-refractivity contribution in [1.29, 1.82) is 0 Å². The van der Waals surface area contributed by atoms with E-state index in [4.69, 9.17) is 0 Å². The highest BCUT2D eigenvalue weighted by Crippen LogP contribution is 2.42. The van der Waals surface area contributed by atoms with E-state index in [0.29, 0.717) is 11.7 Å². The molecule has 1 heterocycles. The molecule has 0 bridgehead atoms. The quantitative estimate of drug-likeness (QED) is 0.621. The molecule has 0 saturated carbocycles. The average Bonchev–Trinajstić information content (AvgIpc) is 2.72. The summed E-state index contributed by atoms with van der Waals surface area (Å²) in [5.74, 6) is 0.928. The topological polar surface area (TPSA) is 32.3 Å². The van der Waals surface area contributed by atoms with E-state index in [1.54, 1.807) is 0 Å². The number of nitrogens with one attached hydrogen (secondary N) is 1. The number of alkyl halides is 1. The Bertz CT molecular complexity index is 553. The highest BCUT2D eigenvalue weighted by atomic mass is 127. The molecule has 0 saturated heterocycles. The molecule has 2 nitrogen and oxygen atoms in total. The van der Waals surface area contributed by atoms with Gasteiger partial charge in [0, 0.05) is 34.0 Å². The van der Waals surface area contributed by atoms with E-state index in [1.807, 2.05) is 24.3 Å². The van der Waals surface area contributed by atoms with Crippen LogP contribution in [0, 0.1) is 0 Å². The van der Waals surface area contributed by atoms with Crippen LogP contribution >= 0.6 is 22.6 Å². The Morgan fingerprint density at radius 1 is 1.31 bits per heavy atom. The molecule has 1 aliphatic heterocycles. The summed E-state index contributed by atoms with van der Waals surface area (Å²) in [7, 11) is 0. The minimum atomic E-state index is 0.371. The monoisotopic (exact) mass is 325 g/mol. The van der Waals surface area contributed by atoms with E-state index < -0.39 is 0 Å². The summed E-state index contributed by atoms with van der Waals surface area (Å²) in [6.45, 7) is 0.978. The maximum atomic E-state index is 9.95. The number of hydrogen-bond donors (Lipinski definition) is 2. The van der Waals surface area contributed by atoms with Gasteiger partial charge in [-0.15, -0.1) is 0 Å². The van der Waals surface area contributed by atoms with Gasteiger partial charge in [-0.25, -0.2) is 0 Å². The van der Waals surface area contributed by atoms with Crippen LogP contribution in [0.5, 0.6) is 5.75 Å². The number of fused-ring (bicyclic) bond motifs is 3. The van der Waals surface area contributed by atoms with Crippen LogP contribution in [0.25, 0.3) is 10.8 Å². The molecule has 3 heteroatoms. The largest absolute Gasteiger partial charge is 0.507 e. The van der Waals surface area contributed by atoms with Gasteiger partial charge < -0.3 is 10.4 Å². The molecule has 1 atom stereocenters. The molecule has 3 rings (SSSR count). The lowest BCUT2D eigenvalue weighted by Crippen LogP contribution is -2.02. The van der Waals surface area contributed by atoms with Crippen molar-refractivity contribution in [2.75, 3.05) is 16.3 Å². The molecule has 82 valence electrons. The number of hydrogen-bond acceptors (Lipinski definition) is 2. The first-order valence-electron chi connectivity index (χ1n) is 5.35. The van der Waals surface area contributed by atoms with Crippen LogP contribution in [0.1, 0.15) is 11.5 Å². The third kappa shape index (κ3) is 1.38. The summed E-state index contributed by atoms with van der Waals surface area (Å²) in [5.41, 5.74) is 2.46. The summed E-state index contributed by atoms with van der Waals surface area (Å²) in [6, 6.07) is 9.93. The zero-order valence-electron chi connectivity index (χ0n) is 8.70. The minimum Gasteiger partial charge on any atom is -0.507 e. The van der Waals surface area contributed by atoms with Crippen molar-refractivity contribution >= 4 is 39.1 Å². The van der Waals surface area contributed by atoms with Gasteiger partial charge in [-0.2, -0.15) is 0 Å². The van der Waals surface area contributed by atoms with Gasteiger partial charge in [-0.05, 0) is 10.9 Å². The molecule has 16 heavy (non-hydrogen) atoms. The molecule has 2 aromatic carbocycles. The fraction of sp³-hybridized carbons (Fsp3) is 0.231. The molecule has 1 aliphatic rings. The SMILES string of the molecule is Oc1cc2c(c3ccccc13)[C@H](CI)CN2. The van der Waals surface area contributed by atoms with Gasteiger partial charge >= 0.3 is 0 Å². The highest BCUT2D eigenvalue weighted by Gasteiger charge is 2.24. The minimum absolute atomic E-state index is 0.371. The Labute approximate surface area is 108 Å². The maximum absolute atomic E-state index is 9.95. The van der Waals surface area contributed by atoms with Gasteiger partial charge in [0.05, 0.1) is 0 Å². The number of phenolic OH excluding ortho intramolecular Hbond substituents is 1. The predicted molar refractivity (Wildman–Crippen MR) is 75.7 cm³/mol. The molecule has 0 spiro atoms. The number of benzene rings is 2. The molecule has 0 radical (unpaired) electrons. The van der Waals surface area contributed by atoms with E-state index in [1.165, 1.54) is 10.9 Å². The van der Waals surface area contributed by atoms with Crippen molar-refractivity contribution in [3.8, 4) is 5.75 Å². The molecule has 2 N–H and O–H groups in total. The van der Waals surface area contributed by atoms with Crippen molar-refractivity contribution in [1.82, 2.24) is 0 Å². The molecule has 0 fully saturated rings. The van der Waals surface area contributed by atoms with Gasteiger partial charge in [0.2, 0.25) is 0 Å². The van der Waals surface area contributed by atoms with Crippen LogP contribution in [0.4, 0.5) is 5.69 Å². The summed E-state index contributed by atoms with van der Waals surface area (Å²) >= 11 is 2.43. The second-order valence-corrected chi connectivity index (χ2v) is 5.02. The average molecular weight is 325 g/mol. The highest BCUT2D eigenvalue weighted by molar-refractivity contribution is 14.1. The van der Waals surface area contributed by atoms with Crippen LogP contribution < -0.4 is 5.32 Å². The van der Waals surface area contributed by atoms with Gasteiger partial charge in [-0.3, -0.25) is 0 Å². The van der Waals surface area contributed by atoms with Crippen LogP contribution in [-0.4, -0.2) is 16.1 Å². The lowest BCUT2D eigenvalue weighted by Gasteiger charge is -2.11. The standard InChI is InChI=1S/C13H12INO/c14-6-8-7-15-11-5-12(16)9-3-1-2-4-10(9)13(8)11/h1-5,8,15-16H,6-7H2/t8-/m1/s1. The Kier molecular flexibility index (Phi) is 2.42. The summed E-state index contributed by atoms with van der Waals surface area (Å²) in [4.78, 5) is 0. The first-order valence-corrected chi connectivity index (χ1v) is 6.88. The van der Waals surface area contributed by atoms with Crippen LogP contribution in [0.15, 0.2) is 30.3 Å². The van der Waals surface area contributed by atoms with Crippen molar-refractivity contribution < 1.29 is 5.11 Å². The van der Waals surface area contributed by atoms with Gasteiger partial charge in [0.1, 0.15) is 5.75 Å². The summed E-state index contributed by atoms with van der Waals surface area (Å²) in [5, 5.41) is 15.5. The van der Waals surface area contributed by atoms with Crippen LogP contribution in [0.2, 0.25) is 0 Å². The second kappa shape index (κ2) is 3.80. The van der Waals surface area contributed by atoms with Crippen molar-refractivity contribution in [3.05, 3.63) is 35.9 Å². The molecule has 0 amide bonds. The van der Waals surface area contributed by atoms with Crippen molar-refractivity contribution in [3.63, 3.8) is 0 Å². The number of halogens is 1. The zero-order valence-corrected chi connectivity index (χ0v) is 10.9. The molecular weight excluding hydrogens is 313 g/mol. The van der Waals surface area contributed by atoms with Crippen LogP contribution in [0.3, 0.4) is 0 Å². The predicted octanol–water partition coefficient (Wildman–Crippen LogP) is 3.49. The number of phenols is 1. The summed E-state index contributed by atoms with van der Waals surface area (Å²) in [6.07, 6.45) is 0. The molecular formula is C13H12INO.